The Labute approximate surface area is 560 Å². The molecule has 2 aliphatic heterocycles. The molecule has 9 unspecified atom stereocenters. The quantitative estimate of drug-likeness (QED) is 0.0302. The van der Waals surface area contributed by atoms with E-state index >= 15 is 0 Å². The first-order valence-corrected chi connectivity index (χ1v) is 36.4. The Kier molecular flexibility index (Phi) is 42.6. The highest BCUT2D eigenvalue weighted by Gasteiger charge is 2.46. The van der Waals surface area contributed by atoms with Crippen LogP contribution in [0.5, 0.6) is 0 Å². The van der Waals surface area contributed by atoms with Gasteiger partial charge in [-0.3, -0.25) is 38.1 Å². The molecule has 95 heavy (non-hydrogen) atoms. The highest BCUT2D eigenvalue weighted by Crippen LogP contribution is 2.47. The van der Waals surface area contributed by atoms with Crippen LogP contribution in [0.3, 0.4) is 0 Å². The molecule has 1 saturated carbocycles. The van der Waals surface area contributed by atoms with Crippen molar-refractivity contribution in [1.29, 1.82) is 0 Å². The van der Waals surface area contributed by atoms with Gasteiger partial charge in [0.15, 0.2) is 18.4 Å². The number of aliphatic hydroxyl groups excluding tert-OH is 9. The lowest BCUT2D eigenvalue weighted by Gasteiger charge is -2.42. The van der Waals surface area contributed by atoms with Gasteiger partial charge >= 0.3 is 7.60 Å². The van der Waals surface area contributed by atoms with Crippen LogP contribution in [-0.4, -0.2) is 243 Å². The van der Waals surface area contributed by atoms with Gasteiger partial charge in [0.05, 0.1) is 62.0 Å². The number of unbranched alkanes of at least 4 members (excludes halogenated alkanes) is 10. The molecule has 3 aliphatic rings. The van der Waals surface area contributed by atoms with Crippen LogP contribution in [0.1, 0.15) is 195 Å². The van der Waals surface area contributed by atoms with Crippen molar-refractivity contribution in [3.63, 3.8) is 0 Å². The van der Waals surface area contributed by atoms with Crippen molar-refractivity contribution in [3.8, 4) is 0 Å². The van der Waals surface area contributed by atoms with E-state index in [0.717, 1.165) is 0 Å². The topological polar surface area (TPSA) is 454 Å². The molecule has 0 bridgehead atoms. The Balaban J connectivity index is 1.58. The molecule has 18 atom stereocenters. The lowest BCUT2D eigenvalue weighted by molar-refractivity contribution is -0.282. The summed E-state index contributed by atoms with van der Waals surface area (Å²) in [4.78, 5) is 102. The van der Waals surface area contributed by atoms with Gasteiger partial charge in [-0.1, -0.05) is 59.8 Å². The lowest BCUT2D eigenvalue weighted by atomic mass is 9.79. The van der Waals surface area contributed by atoms with Gasteiger partial charge in [0.1, 0.15) is 36.3 Å². The van der Waals surface area contributed by atoms with Crippen LogP contribution < -0.4 is 26.6 Å². The number of nitrogens with one attached hydrogen (secondary N) is 5. The molecule has 30 heteroatoms. The summed E-state index contributed by atoms with van der Waals surface area (Å²) in [5, 5.41) is 105. The summed E-state index contributed by atoms with van der Waals surface area (Å²) in [5.41, 5.74) is -0.596. The maximum absolute atomic E-state index is 14.4. The van der Waals surface area contributed by atoms with Crippen molar-refractivity contribution < 1.29 is 117 Å². The van der Waals surface area contributed by atoms with Crippen molar-refractivity contribution in [1.82, 2.24) is 26.6 Å². The first-order chi connectivity index (χ1) is 45.3. The molecule has 0 aromatic carbocycles. The van der Waals surface area contributed by atoms with Crippen molar-refractivity contribution in [2.75, 3.05) is 65.9 Å². The normalized spacial score (nSPS) is 27.4. The maximum Gasteiger partial charge on any atom is 0.330 e. The van der Waals surface area contributed by atoms with Crippen molar-refractivity contribution in [2.24, 2.45) is 23.7 Å². The van der Waals surface area contributed by atoms with E-state index in [1.165, 1.54) is 6.92 Å². The van der Waals surface area contributed by atoms with Gasteiger partial charge in [0, 0.05) is 115 Å². The molecule has 2 saturated heterocycles. The standard InChI is InChI=1S/C65H118N5O24P/c1-41(2)95(87,88)92-35-28-47(75)23-10-6-16-31-68-63(86)45(22-14-17-29-66-53(77)25-11-7-19-32-89-50-37-46(38-71)59(82)62(85)56(50)69-44(5)74)36-49(76)48(70-55(79)27-13-9-21-34-91-65-43(4)58(81)61(84)52(40-73)94-65)24-15-18-30-67-54(78)26-12-8-20-33-90-64-42(3)57(80)60(83)51(39-72)93-64/h41-43,45-46,48,50-52,56-62,64-65,71-73,80-85H,6-40H2,1-5H3,(H,66,77)(H,67,78)(H,68,86)(H,69,74)(H,70,79)(H,87,88)/t42?,43?,45?,46?,48?,50-,51?,52?,56?,57-,58-,59+,60+,61+,62-,64-,65-/m1/s1. The molecule has 0 radical (unpaired) electrons. The fraction of sp³-hybridized carbons (Fsp3) is 0.892. The van der Waals surface area contributed by atoms with E-state index in [2.05, 4.69) is 26.6 Å². The van der Waals surface area contributed by atoms with Crippen molar-refractivity contribution in [3.05, 3.63) is 0 Å². The zero-order valence-electron chi connectivity index (χ0n) is 56.8. The molecular formula is C65H118N5O24P. The highest BCUT2D eigenvalue weighted by atomic mass is 31.2. The first-order valence-electron chi connectivity index (χ1n) is 34.7. The summed E-state index contributed by atoms with van der Waals surface area (Å²) in [6.45, 7) is 7.90. The van der Waals surface area contributed by atoms with Crippen LogP contribution in [0.25, 0.3) is 0 Å². The van der Waals surface area contributed by atoms with Crippen LogP contribution in [-0.2, 0) is 66.3 Å². The lowest BCUT2D eigenvalue weighted by Crippen LogP contribution is -2.61. The van der Waals surface area contributed by atoms with Gasteiger partial charge in [0.25, 0.3) is 0 Å². The van der Waals surface area contributed by atoms with Gasteiger partial charge in [-0.2, -0.15) is 0 Å². The fourth-order valence-electron chi connectivity index (χ4n) is 11.7. The summed E-state index contributed by atoms with van der Waals surface area (Å²) >= 11 is 0. The van der Waals surface area contributed by atoms with E-state index in [1.54, 1.807) is 27.7 Å². The minimum absolute atomic E-state index is 0.00605. The van der Waals surface area contributed by atoms with Gasteiger partial charge in [-0.25, -0.2) is 0 Å². The second-order valence-electron chi connectivity index (χ2n) is 26.2. The zero-order valence-corrected chi connectivity index (χ0v) is 57.7. The average Bonchev–Trinajstić information content (AvgIpc) is 0.862. The zero-order chi connectivity index (χ0) is 70.5. The Morgan fingerprint density at radius 3 is 1.51 bits per heavy atom. The Morgan fingerprint density at radius 2 is 1.00 bits per heavy atom. The molecule has 0 aromatic rings. The molecule has 15 N–H and O–H groups in total. The Bertz CT molecular complexity index is 2270. The average molecular weight is 1380 g/mol. The Hall–Kier alpha value is -3.72. The van der Waals surface area contributed by atoms with Crippen LogP contribution in [0.4, 0.5) is 0 Å². The fourth-order valence-corrected chi connectivity index (χ4v) is 12.3. The molecule has 5 amide bonds. The molecule has 552 valence electrons. The number of hydrogen-bond donors (Lipinski definition) is 15. The predicted octanol–water partition coefficient (Wildman–Crippen LogP) is 1.35. The van der Waals surface area contributed by atoms with E-state index in [0.29, 0.717) is 116 Å². The number of carbonyl (C=O) groups excluding carboxylic acids is 7. The number of ether oxygens (including phenoxy) is 5. The second-order valence-corrected chi connectivity index (χ2v) is 28.6. The monoisotopic (exact) mass is 1380 g/mol. The smallest absolute Gasteiger partial charge is 0.330 e. The van der Waals surface area contributed by atoms with Gasteiger partial charge in [0.2, 0.25) is 29.5 Å². The highest BCUT2D eigenvalue weighted by molar-refractivity contribution is 7.53. The van der Waals surface area contributed by atoms with Crippen LogP contribution in [0.2, 0.25) is 0 Å². The largest absolute Gasteiger partial charge is 0.396 e. The molecule has 29 nitrogen and oxygen atoms in total. The van der Waals surface area contributed by atoms with Crippen LogP contribution in [0.15, 0.2) is 0 Å². The SMILES string of the molecule is CC(=O)NC1[C@@H](O)[C@@H](O)C(CO)C[C@H]1OCCCCCC(=O)NCCCCC(CC(=O)C(CCCCNC(=O)CCCCCO[C@@H]1OC(CO)[C@H](O)[C@H](O)C1C)NC(=O)CCCCCO[C@@H]1OC(CO)[C@H](O)[C@H](O)C1C)C(=O)NCCCCCC(=O)CCOP(=O)(O)C(C)C. The van der Waals surface area contributed by atoms with E-state index in [-0.39, 0.29) is 133 Å². The number of carbonyl (C=O) groups is 7. The summed E-state index contributed by atoms with van der Waals surface area (Å²) in [6, 6.07) is -1.81. The van der Waals surface area contributed by atoms with Gasteiger partial charge in [-0.05, 0) is 89.9 Å². The third kappa shape index (κ3) is 32.4. The number of Topliss-reactive ketones (excluding diaryl/α,β-unsaturated/α-hetero) is 2. The third-order valence-electron chi connectivity index (χ3n) is 18.0. The van der Waals surface area contributed by atoms with Gasteiger partial charge < -0.3 is 106 Å². The Morgan fingerprint density at radius 1 is 0.526 bits per heavy atom. The maximum atomic E-state index is 14.4. The van der Waals surface area contributed by atoms with Crippen LogP contribution in [0, 0.1) is 23.7 Å². The molecule has 2 heterocycles. The summed E-state index contributed by atoms with van der Waals surface area (Å²) < 4.78 is 46.0. The molecule has 3 fully saturated rings. The van der Waals surface area contributed by atoms with E-state index in [9.17, 15) is 89.0 Å². The number of rotatable bonds is 51. The summed E-state index contributed by atoms with van der Waals surface area (Å²) in [7, 11) is -3.80. The molecule has 0 aromatic heterocycles. The molecule has 0 spiro atoms. The summed E-state index contributed by atoms with van der Waals surface area (Å²) in [5.74, 6) is -4.46. The molecule has 1 aliphatic carbocycles. The number of aliphatic hydroxyl groups is 9. The minimum Gasteiger partial charge on any atom is -0.396 e. The van der Waals surface area contributed by atoms with E-state index < -0.39 is 136 Å². The molecule has 3 rings (SSSR count). The van der Waals surface area contributed by atoms with Crippen molar-refractivity contribution >= 4 is 48.7 Å². The number of hydrogen-bond acceptors (Lipinski definition) is 23. The van der Waals surface area contributed by atoms with Gasteiger partial charge in [-0.15, -0.1) is 0 Å². The molecular weight excluding hydrogens is 1270 g/mol. The first kappa shape index (κ1) is 85.5. The predicted molar refractivity (Wildman–Crippen MR) is 346 cm³/mol. The van der Waals surface area contributed by atoms with E-state index in [1.807, 2.05) is 0 Å². The third-order valence-corrected chi connectivity index (χ3v) is 19.8. The number of ketones is 2. The van der Waals surface area contributed by atoms with Crippen LogP contribution >= 0.6 is 7.60 Å². The van der Waals surface area contributed by atoms with E-state index in [4.69, 9.17) is 28.2 Å². The summed E-state index contributed by atoms with van der Waals surface area (Å²) in [6.07, 6.45) is -1.65. The second kappa shape index (κ2) is 47.3. The van der Waals surface area contributed by atoms with Crippen molar-refractivity contribution in [2.45, 2.75) is 280 Å². The number of amides is 5. The minimum atomic E-state index is -3.80.